The molecule has 0 saturated carbocycles. The maximum absolute atomic E-state index is 13.7. The van der Waals surface area contributed by atoms with Crippen LogP contribution in [0.15, 0.2) is 30.5 Å². The first kappa shape index (κ1) is 12.3. The van der Waals surface area contributed by atoms with Crippen molar-refractivity contribution in [3.63, 3.8) is 0 Å². The Hall–Kier alpha value is -2.17. The number of aliphatic carboxylic acids is 1. The van der Waals surface area contributed by atoms with Crippen molar-refractivity contribution in [1.82, 2.24) is 9.78 Å². The Morgan fingerprint density at radius 2 is 2.17 bits per heavy atom. The second-order valence-corrected chi connectivity index (χ2v) is 4.05. The minimum atomic E-state index is -0.877. The molecule has 1 aromatic heterocycles. The summed E-state index contributed by atoms with van der Waals surface area (Å²) in [5, 5.41) is 12.9. The molecule has 0 aliphatic carbocycles. The van der Waals surface area contributed by atoms with E-state index in [4.69, 9.17) is 5.11 Å². The third-order valence-corrected chi connectivity index (χ3v) is 2.64. The van der Waals surface area contributed by atoms with Gasteiger partial charge in [0.25, 0.3) is 0 Å². The van der Waals surface area contributed by atoms with Crippen molar-refractivity contribution < 1.29 is 14.3 Å². The van der Waals surface area contributed by atoms with Crippen LogP contribution >= 0.6 is 0 Å². The predicted octanol–water partition coefficient (Wildman–Crippen LogP) is 2.24. The maximum Gasteiger partial charge on any atom is 0.303 e. The SMILES string of the molecule is Cn1cc(CCC(=O)O)c(-c2ccccc2F)n1. The van der Waals surface area contributed by atoms with Gasteiger partial charge in [-0.3, -0.25) is 9.48 Å². The Bertz CT molecular complexity index is 578. The van der Waals surface area contributed by atoms with Crippen LogP contribution < -0.4 is 0 Å². The highest BCUT2D eigenvalue weighted by Gasteiger charge is 2.14. The summed E-state index contributed by atoms with van der Waals surface area (Å²) < 4.78 is 15.3. The number of rotatable bonds is 4. The number of hydrogen-bond donors (Lipinski definition) is 1. The van der Waals surface area contributed by atoms with Crippen LogP contribution in [-0.4, -0.2) is 20.9 Å². The van der Waals surface area contributed by atoms with Gasteiger partial charge in [0.2, 0.25) is 0 Å². The summed E-state index contributed by atoms with van der Waals surface area (Å²) in [4.78, 5) is 10.6. The van der Waals surface area contributed by atoms with Crippen molar-refractivity contribution >= 4 is 5.97 Å². The molecule has 0 bridgehead atoms. The summed E-state index contributed by atoms with van der Waals surface area (Å²) in [5.41, 5.74) is 1.65. The van der Waals surface area contributed by atoms with Gasteiger partial charge in [0, 0.05) is 25.2 Å². The Balaban J connectivity index is 2.38. The molecule has 2 rings (SSSR count). The average molecular weight is 248 g/mol. The standard InChI is InChI=1S/C13H13FN2O2/c1-16-8-9(6-7-12(17)18)13(15-16)10-4-2-3-5-11(10)14/h2-5,8H,6-7H2,1H3,(H,17,18). The molecule has 1 heterocycles. The van der Waals surface area contributed by atoms with Crippen LogP contribution in [0.2, 0.25) is 0 Å². The molecule has 0 unspecified atom stereocenters. The number of benzene rings is 1. The number of aryl methyl sites for hydroxylation is 2. The molecule has 0 aliphatic rings. The molecule has 4 nitrogen and oxygen atoms in total. The first-order chi connectivity index (χ1) is 8.58. The van der Waals surface area contributed by atoms with E-state index >= 15 is 0 Å². The molecule has 0 saturated heterocycles. The van der Waals surface area contributed by atoms with Gasteiger partial charge in [0.1, 0.15) is 5.82 Å². The van der Waals surface area contributed by atoms with Crippen LogP contribution in [0.3, 0.4) is 0 Å². The fraction of sp³-hybridized carbons (Fsp3) is 0.231. The lowest BCUT2D eigenvalue weighted by Crippen LogP contribution is -1.98. The van der Waals surface area contributed by atoms with E-state index in [0.717, 1.165) is 5.56 Å². The van der Waals surface area contributed by atoms with Crippen molar-refractivity contribution in [3.8, 4) is 11.3 Å². The Kier molecular flexibility index (Phi) is 3.41. The average Bonchev–Trinajstić information content (AvgIpc) is 2.68. The van der Waals surface area contributed by atoms with Gasteiger partial charge >= 0.3 is 5.97 Å². The fourth-order valence-corrected chi connectivity index (χ4v) is 1.84. The Morgan fingerprint density at radius 1 is 1.44 bits per heavy atom. The molecule has 5 heteroatoms. The van der Waals surface area contributed by atoms with Crippen molar-refractivity contribution in [2.75, 3.05) is 0 Å². The lowest BCUT2D eigenvalue weighted by Gasteiger charge is -2.02. The van der Waals surface area contributed by atoms with Gasteiger partial charge in [-0.05, 0) is 24.1 Å². The summed E-state index contributed by atoms with van der Waals surface area (Å²) in [6.45, 7) is 0. The predicted molar refractivity (Wildman–Crippen MR) is 64.6 cm³/mol. The topological polar surface area (TPSA) is 55.1 Å². The number of carboxylic acid groups (broad SMARTS) is 1. The molecule has 1 aromatic carbocycles. The van der Waals surface area contributed by atoms with E-state index in [2.05, 4.69) is 5.10 Å². The van der Waals surface area contributed by atoms with Crippen LogP contribution in [0.5, 0.6) is 0 Å². The highest BCUT2D eigenvalue weighted by Crippen LogP contribution is 2.25. The second-order valence-electron chi connectivity index (χ2n) is 4.05. The third-order valence-electron chi connectivity index (χ3n) is 2.64. The first-order valence-electron chi connectivity index (χ1n) is 5.57. The molecule has 18 heavy (non-hydrogen) atoms. The molecule has 0 radical (unpaired) electrons. The van der Waals surface area contributed by atoms with Gasteiger partial charge < -0.3 is 5.11 Å². The van der Waals surface area contributed by atoms with Crippen LogP contribution in [0, 0.1) is 5.82 Å². The summed E-state index contributed by atoms with van der Waals surface area (Å²) in [6, 6.07) is 6.35. The molecular weight excluding hydrogens is 235 g/mol. The molecule has 0 atom stereocenters. The van der Waals surface area contributed by atoms with Gasteiger partial charge in [-0.15, -0.1) is 0 Å². The van der Waals surface area contributed by atoms with E-state index in [0.29, 0.717) is 17.7 Å². The minimum absolute atomic E-state index is 0.00709. The van der Waals surface area contributed by atoms with Gasteiger partial charge in [-0.2, -0.15) is 5.10 Å². The molecule has 94 valence electrons. The lowest BCUT2D eigenvalue weighted by atomic mass is 10.0. The van der Waals surface area contributed by atoms with E-state index in [1.165, 1.54) is 6.07 Å². The first-order valence-corrected chi connectivity index (χ1v) is 5.57. The van der Waals surface area contributed by atoms with Crippen molar-refractivity contribution in [2.24, 2.45) is 7.05 Å². The van der Waals surface area contributed by atoms with E-state index < -0.39 is 5.97 Å². The normalized spacial score (nSPS) is 10.6. The van der Waals surface area contributed by atoms with Gasteiger partial charge in [-0.25, -0.2) is 4.39 Å². The minimum Gasteiger partial charge on any atom is -0.481 e. The number of carbonyl (C=O) groups is 1. The molecule has 0 fully saturated rings. The molecule has 1 N–H and O–H groups in total. The number of hydrogen-bond acceptors (Lipinski definition) is 2. The molecule has 0 spiro atoms. The number of nitrogens with zero attached hydrogens (tertiary/aromatic N) is 2. The van der Waals surface area contributed by atoms with Crippen molar-refractivity contribution in [2.45, 2.75) is 12.8 Å². The third kappa shape index (κ3) is 2.56. The Morgan fingerprint density at radius 3 is 2.83 bits per heavy atom. The quantitative estimate of drug-likeness (QED) is 0.902. The number of halogens is 1. The number of carboxylic acids is 1. The van der Waals surface area contributed by atoms with E-state index in [1.807, 2.05) is 0 Å². The van der Waals surface area contributed by atoms with Crippen LogP contribution in [0.4, 0.5) is 4.39 Å². The maximum atomic E-state index is 13.7. The smallest absolute Gasteiger partial charge is 0.303 e. The van der Waals surface area contributed by atoms with Gasteiger partial charge in [0.05, 0.1) is 5.69 Å². The summed E-state index contributed by atoms with van der Waals surface area (Å²) >= 11 is 0. The zero-order valence-corrected chi connectivity index (χ0v) is 9.93. The van der Waals surface area contributed by atoms with Gasteiger partial charge in [-0.1, -0.05) is 12.1 Å². The highest BCUT2D eigenvalue weighted by atomic mass is 19.1. The van der Waals surface area contributed by atoms with Gasteiger partial charge in [0.15, 0.2) is 0 Å². The molecule has 2 aromatic rings. The second kappa shape index (κ2) is 5.00. The van der Waals surface area contributed by atoms with Crippen molar-refractivity contribution in [1.29, 1.82) is 0 Å². The molecular formula is C13H13FN2O2. The molecule has 0 aliphatic heterocycles. The monoisotopic (exact) mass is 248 g/mol. The van der Waals surface area contributed by atoms with E-state index in [1.54, 1.807) is 36.1 Å². The zero-order chi connectivity index (χ0) is 13.1. The fourth-order valence-electron chi connectivity index (χ4n) is 1.84. The van der Waals surface area contributed by atoms with Crippen LogP contribution in [0.1, 0.15) is 12.0 Å². The molecule has 0 amide bonds. The largest absolute Gasteiger partial charge is 0.481 e. The van der Waals surface area contributed by atoms with Crippen molar-refractivity contribution in [3.05, 3.63) is 41.8 Å². The lowest BCUT2D eigenvalue weighted by molar-refractivity contribution is -0.136. The highest BCUT2D eigenvalue weighted by molar-refractivity contribution is 5.69. The zero-order valence-electron chi connectivity index (χ0n) is 9.93. The Labute approximate surface area is 104 Å². The van der Waals surface area contributed by atoms with Crippen LogP contribution in [-0.2, 0) is 18.3 Å². The van der Waals surface area contributed by atoms with Crippen LogP contribution in [0.25, 0.3) is 11.3 Å². The van der Waals surface area contributed by atoms with E-state index in [-0.39, 0.29) is 12.2 Å². The summed E-state index contributed by atoms with van der Waals surface area (Å²) in [7, 11) is 1.73. The summed E-state index contributed by atoms with van der Waals surface area (Å²) in [6.07, 6.45) is 2.07. The summed E-state index contributed by atoms with van der Waals surface area (Å²) in [5.74, 6) is -1.23. The van der Waals surface area contributed by atoms with E-state index in [9.17, 15) is 9.18 Å². The number of aromatic nitrogens is 2.